The maximum Gasteiger partial charge on any atom is 0.252 e. The van der Waals surface area contributed by atoms with Crippen molar-refractivity contribution >= 4 is 139 Å². The lowest BCUT2D eigenvalue weighted by atomic mass is 9.33. The van der Waals surface area contributed by atoms with Crippen LogP contribution in [-0.2, 0) is 0 Å². The Morgan fingerprint density at radius 3 is 1.02 bits per heavy atom. The molecule has 0 saturated heterocycles. The Balaban J connectivity index is 0.943. The molecule has 0 saturated carbocycles. The Labute approximate surface area is 658 Å². The van der Waals surface area contributed by atoms with Gasteiger partial charge in [0.25, 0.3) is 6.71 Å². The molecular weight excluding hydrogens is 1310 g/mol. The van der Waals surface area contributed by atoms with E-state index >= 15 is 0 Å². The molecule has 0 aliphatic carbocycles. The van der Waals surface area contributed by atoms with Crippen LogP contribution in [0.4, 0.5) is 34.1 Å². The predicted octanol–water partition coefficient (Wildman–Crippen LogP) is 25.1. The van der Waals surface area contributed by atoms with E-state index in [-0.39, 0.29) is 55.0 Å². The van der Waals surface area contributed by atoms with Crippen LogP contribution in [0.5, 0.6) is 0 Å². The third kappa shape index (κ3) is 8.77. The van der Waals surface area contributed by atoms with Gasteiger partial charge in [0.15, 0.2) is 0 Å². The van der Waals surface area contributed by atoms with Crippen LogP contribution in [0.2, 0.25) is 0 Å². The molecule has 0 amide bonds. The number of anilines is 6. The van der Waals surface area contributed by atoms with Gasteiger partial charge in [-0.25, -0.2) is 0 Å². The maximum atomic E-state index is 10.4. The summed E-state index contributed by atoms with van der Waals surface area (Å²) in [6, 6.07) is 63.0. The van der Waals surface area contributed by atoms with E-state index in [4.69, 9.17) is 8.22 Å². The third-order valence-electron chi connectivity index (χ3n) is 21.6. The van der Waals surface area contributed by atoms with Crippen molar-refractivity contribution in [3.05, 3.63) is 388 Å². The smallest absolute Gasteiger partial charge is 0.252 e. The van der Waals surface area contributed by atoms with Gasteiger partial charge in [0.2, 0.25) is 0 Å². The quantitative estimate of drug-likeness (QED) is 0.127. The van der Waals surface area contributed by atoms with Crippen molar-refractivity contribution in [2.45, 2.75) is 0 Å². The molecule has 0 spiro atoms. The topological polar surface area (TPSA) is 20.8 Å². The summed E-state index contributed by atoms with van der Waals surface area (Å²) in [6.45, 7) is -0.970. The first-order valence-corrected chi connectivity index (χ1v) is 35.5. The van der Waals surface area contributed by atoms with Gasteiger partial charge < -0.3 is 23.3 Å². The molecule has 0 atom stereocenters. The Kier molecular flexibility index (Phi) is 9.06. The fourth-order valence-electron chi connectivity index (χ4n) is 17.3. The van der Waals surface area contributed by atoms with Crippen molar-refractivity contribution in [3.63, 3.8) is 0 Å². The highest BCUT2D eigenvalue weighted by Crippen LogP contribution is 2.59. The molecule has 0 N–H and O–H groups in total. The van der Waals surface area contributed by atoms with Crippen LogP contribution in [0.15, 0.2) is 388 Å². The molecule has 17 aromatic carbocycles. The number of para-hydroxylation sites is 6. The van der Waals surface area contributed by atoms with Crippen LogP contribution in [0.25, 0.3) is 160 Å². The summed E-state index contributed by atoms with van der Waals surface area (Å²) in [5.41, 5.74) is 11.5. The Bertz CT molecular complexity index is 8120. The number of benzene rings is 17. The molecule has 6 heteroatoms. The first kappa shape index (κ1) is 41.3. The fraction of sp³-hybridized carbons (Fsp3) is 0. The summed E-state index contributed by atoms with van der Waals surface area (Å²) < 4.78 is 234. The van der Waals surface area contributed by atoms with Gasteiger partial charge in [-0.3, -0.25) is 0 Å². The third-order valence-corrected chi connectivity index (χ3v) is 21.6. The fourth-order valence-corrected chi connectivity index (χ4v) is 17.3. The molecule has 0 bridgehead atoms. The molecule has 2 aliphatic heterocycles. The molecule has 2 aliphatic rings. The molecule has 6 heterocycles. The first-order chi connectivity index (χ1) is 63.7. The molecule has 500 valence electrons. The van der Waals surface area contributed by atoms with Crippen molar-refractivity contribution < 1.29 is 32.9 Å². The second kappa shape index (κ2) is 23.7. The van der Waals surface area contributed by atoms with E-state index in [0.29, 0.717) is 45.0 Å². The predicted molar refractivity (Wildman–Crippen MR) is 456 cm³/mol. The van der Waals surface area contributed by atoms with Crippen LogP contribution in [0.1, 0.15) is 32.9 Å². The highest BCUT2D eigenvalue weighted by molar-refractivity contribution is 7.01. The summed E-state index contributed by atoms with van der Waals surface area (Å²) in [6.07, 6.45) is 0. The van der Waals surface area contributed by atoms with Gasteiger partial charge in [-0.1, -0.05) is 315 Å². The van der Waals surface area contributed by atoms with Crippen LogP contribution >= 0.6 is 0 Å². The van der Waals surface area contributed by atoms with Gasteiger partial charge in [0.05, 0.1) is 94.3 Å². The van der Waals surface area contributed by atoms with E-state index in [1.807, 2.05) is 182 Å². The molecule has 0 fully saturated rings. The van der Waals surface area contributed by atoms with E-state index in [0.717, 1.165) is 88.1 Å². The van der Waals surface area contributed by atoms with Gasteiger partial charge in [-0.15, -0.1) is 0 Å². The average molecular weight is 1390 g/mol. The molecule has 5 nitrogen and oxygen atoms in total. The van der Waals surface area contributed by atoms with Crippen molar-refractivity contribution in [1.29, 1.82) is 0 Å². The van der Waals surface area contributed by atoms with E-state index in [9.17, 15) is 24.7 Å². The lowest BCUT2D eigenvalue weighted by Crippen LogP contribution is -2.61. The number of hydrogen-bond donors (Lipinski definition) is 0. The Morgan fingerprint density at radius 1 is 0.250 bits per heavy atom. The summed E-state index contributed by atoms with van der Waals surface area (Å²) in [5.74, 6) is 0. The molecule has 21 aromatic rings. The number of aromatic nitrogens is 3. The van der Waals surface area contributed by atoms with Gasteiger partial charge in [0, 0.05) is 88.1 Å². The Morgan fingerprint density at radius 2 is 0.611 bits per heavy atom. The van der Waals surface area contributed by atoms with E-state index in [1.54, 1.807) is 12.1 Å². The van der Waals surface area contributed by atoms with E-state index in [1.165, 1.54) is 9.13 Å². The number of fused-ring (bicyclic) bond motifs is 18. The highest BCUT2D eigenvalue weighted by Gasteiger charge is 2.48. The zero-order valence-electron chi connectivity index (χ0n) is 80.9. The summed E-state index contributed by atoms with van der Waals surface area (Å²) >= 11 is 0. The van der Waals surface area contributed by atoms with Crippen molar-refractivity contribution in [2.24, 2.45) is 0 Å². The van der Waals surface area contributed by atoms with Gasteiger partial charge >= 0.3 is 0 Å². The average Bonchev–Trinajstić information content (AvgIpc) is 1.44. The zero-order valence-corrected chi connectivity index (χ0v) is 56.9. The standard InChI is InChI=1S/C102H64BN5/c1-7-29-65(30-8-1)71-53-59-91-83(61-71)79-41-19-23-49-87(79)104(91)73-55-57-85-93(63-73)107(98-75(67-33-11-3-12-34-67)45-27-46-76(98)68-35-13-4-14-36-68)101-95-81-43-21-25-51-89(81)106-90-52-26-22-44-82(90)96(100(95)106)102-97(101)103(85)86-58-56-74(105-88-50-24-20-42-80(88)84-62-72(54-60-92(84)105)66-31-9-2-10-32-66)64-94(86)108(102)99-77(69-37-15-5-16-38-69)47-28-48-78(99)70-39-17-6-18-40-70/h1-64H/i1D,2D,7D,8D,9D,10D,19D,20D,23D,24D,29D,30D,31D,32D,41D,42D,49D,50D,53D,54D,59D,60D,61D,62D. The Hall–Kier alpha value is -14.2. The zero-order chi connectivity index (χ0) is 91.5. The lowest BCUT2D eigenvalue weighted by molar-refractivity contribution is 1.17. The summed E-state index contributed by atoms with van der Waals surface area (Å²) in [4.78, 5) is 4.58. The molecule has 4 aromatic heterocycles. The van der Waals surface area contributed by atoms with Gasteiger partial charge in [0.1, 0.15) is 0 Å². The molecule has 0 radical (unpaired) electrons. The normalized spacial score (nSPS) is 15.7. The largest absolute Gasteiger partial charge is 0.309 e. The van der Waals surface area contributed by atoms with Crippen LogP contribution in [0, 0.1) is 0 Å². The second-order valence-corrected chi connectivity index (χ2v) is 27.1. The minimum absolute atomic E-state index is 0.164. The van der Waals surface area contributed by atoms with Crippen LogP contribution in [0.3, 0.4) is 0 Å². The summed E-state index contributed by atoms with van der Waals surface area (Å²) in [5, 5.41) is 2.22. The van der Waals surface area contributed by atoms with E-state index in [2.05, 4.69) is 62.7 Å². The van der Waals surface area contributed by atoms with Gasteiger partial charge in [-0.2, -0.15) is 0 Å². The minimum atomic E-state index is -0.970. The maximum absolute atomic E-state index is 10.4. The highest BCUT2D eigenvalue weighted by atomic mass is 15.2. The number of hydrogen-bond acceptors (Lipinski definition) is 2. The lowest BCUT2D eigenvalue weighted by Gasteiger charge is -2.46. The monoisotopic (exact) mass is 1390 g/mol. The second-order valence-electron chi connectivity index (χ2n) is 27.1. The van der Waals surface area contributed by atoms with Gasteiger partial charge in [-0.05, 0) is 134 Å². The number of rotatable bonds is 10. The minimum Gasteiger partial charge on any atom is -0.309 e. The SMILES string of the molecule is [2H]c1c([2H])c([2H])c(-c2c([2H])c([2H])c3c(c2[2H])c2c([2H])c([2H])c([2H])c([2H])c2n3-c2ccc3c(c2)N(c2c(-c4ccccc4)cccc2-c2ccccc2)c2c4c(c5c6ccccc6n6c7ccccc7c2c56)N(c2c(-c5ccccc5)cccc2-c2ccccc2)c2cc(-n5c6c([2H])c([2H])c([2H])c([2H])c6c6c([2H])c(-c7c([2H])c([2H])c([2H])c([2H])c7[2H])c([2H])c([2H])c65)ccc2B34)c([2H])c1[2H]. The first-order valence-electron chi connectivity index (χ1n) is 47.5. The molecule has 108 heavy (non-hydrogen) atoms. The molecular formula is C102H64BN5. The van der Waals surface area contributed by atoms with Crippen LogP contribution < -0.4 is 26.2 Å². The van der Waals surface area contributed by atoms with Crippen molar-refractivity contribution in [3.8, 4) is 78.1 Å². The molecule has 0 unspecified atom stereocenters. The van der Waals surface area contributed by atoms with Crippen molar-refractivity contribution in [1.82, 2.24) is 13.5 Å². The van der Waals surface area contributed by atoms with Crippen LogP contribution in [-0.4, -0.2) is 20.2 Å². The molecule has 23 rings (SSSR count). The number of nitrogens with zero attached hydrogens (tertiary/aromatic N) is 5. The summed E-state index contributed by atoms with van der Waals surface area (Å²) in [7, 11) is 0. The van der Waals surface area contributed by atoms with E-state index < -0.39 is 174 Å². The van der Waals surface area contributed by atoms with Crippen molar-refractivity contribution in [2.75, 3.05) is 9.80 Å².